The van der Waals surface area contributed by atoms with Gasteiger partial charge in [-0.05, 0) is 55.9 Å². The Bertz CT molecular complexity index is 1710. The molecule has 2 saturated heterocycles. The van der Waals surface area contributed by atoms with Gasteiger partial charge < -0.3 is 24.6 Å². The third kappa shape index (κ3) is 8.42. The van der Waals surface area contributed by atoms with Crippen LogP contribution in [0.25, 0.3) is 10.9 Å². The summed E-state index contributed by atoms with van der Waals surface area (Å²) >= 11 is 13.3. The molecule has 50 heavy (non-hydrogen) atoms. The lowest BCUT2D eigenvalue weighted by Gasteiger charge is -2.37. The number of amides is 2. The van der Waals surface area contributed by atoms with Crippen LogP contribution in [-0.4, -0.2) is 113 Å². The maximum absolute atomic E-state index is 14.0. The molecule has 10 nitrogen and oxygen atoms in total. The molecule has 2 aromatic carbocycles. The number of carbonyl (C=O) groups excluding carboxylic acids is 2. The molecular formula is C36H43Cl2F2N5O5. The van der Waals surface area contributed by atoms with Crippen LogP contribution in [0.4, 0.5) is 14.5 Å². The maximum Gasteiger partial charge on any atom is 0.306 e. The van der Waals surface area contributed by atoms with Gasteiger partial charge in [0.1, 0.15) is 0 Å². The molecule has 2 atom stereocenters. The zero-order valence-corrected chi connectivity index (χ0v) is 29.5. The first kappa shape index (κ1) is 36.5. The van der Waals surface area contributed by atoms with E-state index < -0.39 is 12.4 Å². The van der Waals surface area contributed by atoms with Gasteiger partial charge in [-0.3, -0.25) is 24.2 Å². The summed E-state index contributed by atoms with van der Waals surface area (Å²) in [5.74, 6) is -1.59. The Morgan fingerprint density at radius 2 is 1.74 bits per heavy atom. The molecule has 2 amide bonds. The fourth-order valence-corrected chi connectivity index (χ4v) is 8.11. The number of nitrogens with one attached hydrogen (secondary N) is 1. The standard InChI is InChI=1S/C36H43Cl2F2N5O5/c1-42-19-28(27-4-2-3-5-32(27)42)35(47)41-31-17-29(37)23(14-30(31)38)15-34(46)45-18-24(44-12-10-43(11-13-44)20-33(39)40)16-25(45)21-50-26-8-6-22(7-9-26)36(48)49/h2-5,14,17,19,22,24-26,33H,6-13,15-16,18,20-21H2,1H3,(H,41,47)(H,48,49)/t22-,24-,25-,26-/m0/s1. The number of anilines is 1. The van der Waals surface area contributed by atoms with Crippen molar-refractivity contribution in [3.63, 3.8) is 0 Å². The lowest BCUT2D eigenvalue weighted by Crippen LogP contribution is -2.52. The minimum atomic E-state index is -2.37. The van der Waals surface area contributed by atoms with E-state index in [4.69, 9.17) is 27.9 Å². The summed E-state index contributed by atoms with van der Waals surface area (Å²) in [4.78, 5) is 44.5. The number of hydrogen-bond acceptors (Lipinski definition) is 6. The van der Waals surface area contributed by atoms with E-state index >= 15 is 0 Å². The number of fused-ring (bicyclic) bond motifs is 1. The van der Waals surface area contributed by atoms with E-state index in [-0.39, 0.29) is 53.9 Å². The van der Waals surface area contributed by atoms with Crippen molar-refractivity contribution in [1.29, 1.82) is 0 Å². The number of piperazine rings is 1. The van der Waals surface area contributed by atoms with Crippen LogP contribution in [0, 0.1) is 5.92 Å². The molecule has 1 saturated carbocycles. The molecule has 0 unspecified atom stereocenters. The Morgan fingerprint density at radius 3 is 2.44 bits per heavy atom. The van der Waals surface area contributed by atoms with E-state index in [2.05, 4.69) is 10.2 Å². The van der Waals surface area contributed by atoms with Gasteiger partial charge in [0.2, 0.25) is 5.91 Å². The molecule has 3 aromatic rings. The average Bonchev–Trinajstić information content (AvgIpc) is 3.68. The van der Waals surface area contributed by atoms with Gasteiger partial charge in [-0.2, -0.15) is 0 Å². The number of ether oxygens (including phenoxy) is 1. The van der Waals surface area contributed by atoms with Crippen LogP contribution < -0.4 is 5.32 Å². The summed E-state index contributed by atoms with van der Waals surface area (Å²) in [6.07, 6.45) is 2.44. The topological polar surface area (TPSA) is 107 Å². The van der Waals surface area contributed by atoms with Crippen molar-refractivity contribution >= 4 is 57.6 Å². The Balaban J connectivity index is 1.12. The first-order valence-corrected chi connectivity index (χ1v) is 17.9. The Hall–Kier alpha value is -3.29. The monoisotopic (exact) mass is 733 g/mol. The minimum Gasteiger partial charge on any atom is -0.481 e. The third-order valence-corrected chi connectivity index (χ3v) is 11.1. The van der Waals surface area contributed by atoms with Crippen LogP contribution in [0.3, 0.4) is 0 Å². The molecule has 0 bridgehead atoms. The summed E-state index contributed by atoms with van der Waals surface area (Å²) < 4.78 is 34.1. The van der Waals surface area contributed by atoms with Gasteiger partial charge in [-0.1, -0.05) is 41.4 Å². The highest BCUT2D eigenvalue weighted by molar-refractivity contribution is 6.36. The molecule has 3 aliphatic rings. The summed E-state index contributed by atoms with van der Waals surface area (Å²) in [6, 6.07) is 10.6. The summed E-state index contributed by atoms with van der Waals surface area (Å²) in [6.45, 7) is 2.92. The molecule has 0 radical (unpaired) electrons. The quantitative estimate of drug-likeness (QED) is 0.257. The molecule has 270 valence electrons. The van der Waals surface area contributed by atoms with Gasteiger partial charge in [0.05, 0.1) is 53.9 Å². The van der Waals surface area contributed by atoms with Crippen molar-refractivity contribution in [3.8, 4) is 0 Å². The van der Waals surface area contributed by atoms with Crippen molar-refractivity contribution in [3.05, 3.63) is 63.8 Å². The molecule has 0 spiro atoms. The fourth-order valence-electron chi connectivity index (χ4n) is 7.65. The summed E-state index contributed by atoms with van der Waals surface area (Å²) in [5.41, 5.74) is 2.28. The number of carboxylic acid groups (broad SMARTS) is 1. The highest BCUT2D eigenvalue weighted by Crippen LogP contribution is 2.33. The van der Waals surface area contributed by atoms with Crippen LogP contribution in [0.5, 0.6) is 0 Å². The second-order valence-electron chi connectivity index (χ2n) is 13.7. The SMILES string of the molecule is Cn1cc(C(=O)Nc2cc(Cl)c(CC(=O)N3C[C@@H](N4CCN(CC(F)F)CC4)C[C@H]3CO[C@H]3CC[C@H](C(=O)O)CC3)cc2Cl)c2ccccc21. The van der Waals surface area contributed by atoms with E-state index in [0.717, 1.165) is 10.9 Å². The summed E-state index contributed by atoms with van der Waals surface area (Å²) in [5, 5.41) is 13.6. The Morgan fingerprint density at radius 1 is 1.02 bits per heavy atom. The Labute approximate surface area is 300 Å². The summed E-state index contributed by atoms with van der Waals surface area (Å²) in [7, 11) is 1.87. The first-order valence-electron chi connectivity index (χ1n) is 17.2. The van der Waals surface area contributed by atoms with Crippen LogP contribution >= 0.6 is 23.2 Å². The maximum atomic E-state index is 14.0. The van der Waals surface area contributed by atoms with Gasteiger partial charge in [-0.15, -0.1) is 0 Å². The normalized spacial score (nSPS) is 23.5. The third-order valence-electron chi connectivity index (χ3n) is 10.4. The number of aromatic nitrogens is 1. The van der Waals surface area contributed by atoms with E-state index in [1.165, 1.54) is 0 Å². The molecule has 14 heteroatoms. The average molecular weight is 735 g/mol. The number of halogens is 4. The minimum absolute atomic E-state index is 0.00872. The predicted octanol–water partition coefficient (Wildman–Crippen LogP) is 5.79. The van der Waals surface area contributed by atoms with Gasteiger partial charge in [-0.25, -0.2) is 8.78 Å². The van der Waals surface area contributed by atoms with Gasteiger partial charge in [0, 0.05) is 67.9 Å². The van der Waals surface area contributed by atoms with Crippen molar-refractivity contribution in [2.45, 2.75) is 63.1 Å². The second-order valence-corrected chi connectivity index (χ2v) is 14.5. The molecule has 1 aromatic heterocycles. The van der Waals surface area contributed by atoms with Crippen molar-refractivity contribution in [1.82, 2.24) is 19.3 Å². The number of carboxylic acids is 1. The van der Waals surface area contributed by atoms with Crippen molar-refractivity contribution < 1.29 is 33.0 Å². The smallest absolute Gasteiger partial charge is 0.306 e. The Kier molecular flexibility index (Phi) is 11.6. The largest absolute Gasteiger partial charge is 0.481 e. The molecule has 3 heterocycles. The molecular weight excluding hydrogens is 691 g/mol. The van der Waals surface area contributed by atoms with Crippen LogP contribution in [0.15, 0.2) is 42.6 Å². The van der Waals surface area contributed by atoms with E-state index in [0.29, 0.717) is 93.3 Å². The zero-order valence-electron chi connectivity index (χ0n) is 28.0. The highest BCUT2D eigenvalue weighted by Gasteiger charge is 2.40. The first-order chi connectivity index (χ1) is 24.0. The van der Waals surface area contributed by atoms with Crippen LogP contribution in [0.2, 0.25) is 10.0 Å². The van der Waals surface area contributed by atoms with E-state index in [9.17, 15) is 28.3 Å². The second kappa shape index (κ2) is 15.9. The number of aliphatic carboxylic acids is 1. The zero-order chi connectivity index (χ0) is 35.5. The molecule has 2 aliphatic heterocycles. The molecule has 1 aliphatic carbocycles. The van der Waals surface area contributed by atoms with Gasteiger partial charge in [0.15, 0.2) is 0 Å². The van der Waals surface area contributed by atoms with Gasteiger partial charge >= 0.3 is 5.97 Å². The number of carbonyl (C=O) groups is 3. The van der Waals surface area contributed by atoms with Crippen LogP contribution in [0.1, 0.15) is 48.0 Å². The van der Waals surface area contributed by atoms with Crippen LogP contribution in [-0.2, 0) is 27.8 Å². The molecule has 2 N–H and O–H groups in total. The number of aryl methyl sites for hydroxylation is 1. The van der Waals surface area contributed by atoms with Crippen molar-refractivity contribution in [2.24, 2.45) is 13.0 Å². The van der Waals surface area contributed by atoms with Gasteiger partial charge in [0.25, 0.3) is 12.3 Å². The number of nitrogens with zero attached hydrogens (tertiary/aromatic N) is 4. The predicted molar refractivity (Wildman–Crippen MR) is 188 cm³/mol. The lowest BCUT2D eigenvalue weighted by atomic mass is 9.87. The molecule has 6 rings (SSSR count). The number of para-hydroxylation sites is 1. The lowest BCUT2D eigenvalue weighted by molar-refractivity contribution is -0.144. The highest BCUT2D eigenvalue weighted by atomic mass is 35.5. The van der Waals surface area contributed by atoms with E-state index in [1.807, 2.05) is 40.8 Å². The number of hydrogen-bond donors (Lipinski definition) is 2. The van der Waals surface area contributed by atoms with Crippen molar-refractivity contribution in [2.75, 3.05) is 51.2 Å². The number of rotatable bonds is 11. The van der Waals surface area contributed by atoms with E-state index in [1.54, 1.807) is 23.2 Å². The fraction of sp³-hybridized carbons (Fsp3) is 0.528. The number of likely N-dealkylation sites (tertiary alicyclic amines) is 1. The molecule has 3 fully saturated rings. The number of benzene rings is 2. The number of alkyl halides is 2.